The van der Waals surface area contributed by atoms with Gasteiger partial charge in [-0.25, -0.2) is 0 Å². The smallest absolute Gasteiger partial charge is 0.0440 e. The molecule has 1 unspecified atom stereocenters. The Morgan fingerprint density at radius 3 is 2.43 bits per heavy atom. The van der Waals surface area contributed by atoms with Gasteiger partial charge in [-0.2, -0.15) is 0 Å². The maximum Gasteiger partial charge on any atom is 0.0440 e. The normalized spacial score (nSPS) is 14.1. The van der Waals surface area contributed by atoms with Gasteiger partial charge in [0, 0.05) is 10.6 Å². The van der Waals surface area contributed by atoms with E-state index in [1.54, 1.807) is 0 Å². The molecule has 0 heterocycles. The van der Waals surface area contributed by atoms with Crippen molar-refractivity contribution in [2.24, 2.45) is 5.73 Å². The maximum atomic E-state index is 6.11. The van der Waals surface area contributed by atoms with Crippen molar-refractivity contribution < 1.29 is 0 Å². The van der Waals surface area contributed by atoms with E-state index in [1.165, 1.54) is 5.56 Å². The molecule has 1 nitrogen and oxygen atoms in total. The first-order valence-electron chi connectivity index (χ1n) is 4.93. The van der Waals surface area contributed by atoms with Crippen LogP contribution in [-0.4, -0.2) is 5.54 Å². The number of rotatable bonds is 3. The molecule has 0 radical (unpaired) electrons. The molecule has 0 aromatic heterocycles. The van der Waals surface area contributed by atoms with Crippen molar-refractivity contribution in [3.63, 3.8) is 0 Å². The Bertz CT molecular complexity index is 301. The van der Waals surface area contributed by atoms with Crippen molar-refractivity contribution in [2.75, 3.05) is 0 Å². The van der Waals surface area contributed by atoms with Gasteiger partial charge in [0.05, 0.1) is 0 Å². The molecule has 14 heavy (non-hydrogen) atoms. The van der Waals surface area contributed by atoms with Crippen LogP contribution in [0.5, 0.6) is 0 Å². The zero-order valence-electron chi connectivity index (χ0n) is 9.05. The second kappa shape index (κ2) is 4.33. The zero-order chi connectivity index (χ0) is 10.8. The topological polar surface area (TPSA) is 26.0 Å². The average Bonchev–Trinajstić information content (AvgIpc) is 2.01. The van der Waals surface area contributed by atoms with Gasteiger partial charge in [0.15, 0.2) is 0 Å². The summed E-state index contributed by atoms with van der Waals surface area (Å²) in [6.07, 6.45) is 0.941. The highest BCUT2D eigenvalue weighted by molar-refractivity contribution is 6.31. The summed E-state index contributed by atoms with van der Waals surface area (Å²) in [6.45, 7) is 6.25. The Balaban J connectivity index is 2.80. The van der Waals surface area contributed by atoms with Gasteiger partial charge in [0.2, 0.25) is 0 Å². The second-order valence-electron chi connectivity index (χ2n) is 4.62. The number of benzene rings is 1. The standard InChI is InChI=1S/C12H18ClN/c1-9(8-12(2,3)14)10-6-4-5-7-11(10)13/h4-7,9H,8,14H2,1-3H3. The summed E-state index contributed by atoms with van der Waals surface area (Å²) in [7, 11) is 0. The Labute approximate surface area is 91.3 Å². The molecular weight excluding hydrogens is 194 g/mol. The minimum Gasteiger partial charge on any atom is -0.326 e. The van der Waals surface area contributed by atoms with Crippen LogP contribution in [0, 0.1) is 0 Å². The summed E-state index contributed by atoms with van der Waals surface area (Å²) in [6, 6.07) is 7.96. The van der Waals surface area contributed by atoms with E-state index >= 15 is 0 Å². The van der Waals surface area contributed by atoms with Gasteiger partial charge in [0.1, 0.15) is 0 Å². The van der Waals surface area contributed by atoms with Crippen LogP contribution >= 0.6 is 11.6 Å². The zero-order valence-corrected chi connectivity index (χ0v) is 9.81. The molecule has 2 heteroatoms. The summed E-state index contributed by atoms with van der Waals surface area (Å²) < 4.78 is 0. The molecule has 0 saturated heterocycles. The van der Waals surface area contributed by atoms with Gasteiger partial charge >= 0.3 is 0 Å². The molecule has 0 aliphatic rings. The fraction of sp³-hybridized carbons (Fsp3) is 0.500. The fourth-order valence-electron chi connectivity index (χ4n) is 1.77. The molecule has 0 bridgehead atoms. The van der Waals surface area contributed by atoms with Crippen LogP contribution in [0.2, 0.25) is 5.02 Å². The molecule has 1 aromatic carbocycles. The van der Waals surface area contributed by atoms with Gasteiger partial charge in [-0.05, 0) is 37.8 Å². The van der Waals surface area contributed by atoms with E-state index in [2.05, 4.69) is 13.0 Å². The minimum absolute atomic E-state index is 0.140. The molecule has 0 saturated carbocycles. The third kappa shape index (κ3) is 3.32. The monoisotopic (exact) mass is 211 g/mol. The first-order valence-corrected chi connectivity index (χ1v) is 5.31. The second-order valence-corrected chi connectivity index (χ2v) is 5.02. The summed E-state index contributed by atoms with van der Waals surface area (Å²) in [5.41, 5.74) is 7.03. The quantitative estimate of drug-likeness (QED) is 0.813. The van der Waals surface area contributed by atoms with Gasteiger partial charge in [0.25, 0.3) is 0 Å². The van der Waals surface area contributed by atoms with E-state index in [0.29, 0.717) is 5.92 Å². The van der Waals surface area contributed by atoms with Gasteiger partial charge in [-0.1, -0.05) is 36.7 Å². The van der Waals surface area contributed by atoms with E-state index in [4.69, 9.17) is 17.3 Å². The summed E-state index contributed by atoms with van der Waals surface area (Å²) in [5, 5.41) is 0.837. The number of hydrogen-bond donors (Lipinski definition) is 1. The third-order valence-corrected chi connectivity index (χ3v) is 2.61. The highest BCUT2D eigenvalue weighted by Gasteiger charge is 2.18. The van der Waals surface area contributed by atoms with Gasteiger partial charge in [-0.3, -0.25) is 0 Å². The first-order chi connectivity index (χ1) is 6.40. The average molecular weight is 212 g/mol. The molecule has 0 aliphatic heterocycles. The number of halogens is 1. The predicted molar refractivity (Wildman–Crippen MR) is 62.8 cm³/mol. The molecule has 1 aromatic rings. The highest BCUT2D eigenvalue weighted by Crippen LogP contribution is 2.29. The van der Waals surface area contributed by atoms with E-state index < -0.39 is 0 Å². The fourth-order valence-corrected chi connectivity index (χ4v) is 2.10. The Morgan fingerprint density at radius 1 is 1.36 bits per heavy atom. The number of hydrogen-bond acceptors (Lipinski definition) is 1. The van der Waals surface area contributed by atoms with Crippen LogP contribution < -0.4 is 5.73 Å². The molecule has 2 N–H and O–H groups in total. The highest BCUT2D eigenvalue weighted by atomic mass is 35.5. The Kier molecular flexibility index (Phi) is 3.57. The Hall–Kier alpha value is -0.530. The summed E-state index contributed by atoms with van der Waals surface area (Å²) in [4.78, 5) is 0. The van der Waals surface area contributed by atoms with Crippen LogP contribution in [0.1, 0.15) is 38.7 Å². The van der Waals surface area contributed by atoms with E-state index in [1.807, 2.05) is 32.0 Å². The molecule has 0 amide bonds. The lowest BCUT2D eigenvalue weighted by Gasteiger charge is -2.24. The maximum absolute atomic E-state index is 6.11. The lowest BCUT2D eigenvalue weighted by Crippen LogP contribution is -2.33. The molecule has 1 atom stereocenters. The predicted octanol–water partition coefficient (Wildman–Crippen LogP) is 3.57. The summed E-state index contributed by atoms with van der Waals surface area (Å²) in [5.74, 6) is 0.406. The van der Waals surface area contributed by atoms with Crippen molar-refractivity contribution >= 4 is 11.6 Å². The van der Waals surface area contributed by atoms with Gasteiger partial charge < -0.3 is 5.73 Å². The van der Waals surface area contributed by atoms with Crippen molar-refractivity contribution in [3.05, 3.63) is 34.9 Å². The van der Waals surface area contributed by atoms with Crippen molar-refractivity contribution in [2.45, 2.75) is 38.6 Å². The minimum atomic E-state index is -0.140. The Morgan fingerprint density at radius 2 is 1.93 bits per heavy atom. The van der Waals surface area contributed by atoms with Gasteiger partial charge in [-0.15, -0.1) is 0 Å². The first kappa shape index (κ1) is 11.5. The van der Waals surface area contributed by atoms with Crippen molar-refractivity contribution in [1.82, 2.24) is 0 Å². The molecular formula is C12H18ClN. The van der Waals surface area contributed by atoms with E-state index in [9.17, 15) is 0 Å². The SMILES string of the molecule is CC(CC(C)(C)N)c1ccccc1Cl. The largest absolute Gasteiger partial charge is 0.326 e. The molecule has 0 aliphatic carbocycles. The molecule has 0 fully saturated rings. The molecule has 0 spiro atoms. The van der Waals surface area contributed by atoms with Crippen LogP contribution in [0.15, 0.2) is 24.3 Å². The molecule has 78 valence electrons. The van der Waals surface area contributed by atoms with E-state index in [-0.39, 0.29) is 5.54 Å². The summed E-state index contributed by atoms with van der Waals surface area (Å²) >= 11 is 6.11. The van der Waals surface area contributed by atoms with Crippen LogP contribution in [0.25, 0.3) is 0 Å². The van der Waals surface area contributed by atoms with E-state index in [0.717, 1.165) is 11.4 Å². The third-order valence-electron chi connectivity index (χ3n) is 2.27. The van der Waals surface area contributed by atoms with Crippen LogP contribution in [-0.2, 0) is 0 Å². The number of nitrogens with two attached hydrogens (primary N) is 1. The van der Waals surface area contributed by atoms with Crippen LogP contribution in [0.3, 0.4) is 0 Å². The van der Waals surface area contributed by atoms with Crippen LogP contribution in [0.4, 0.5) is 0 Å². The lowest BCUT2D eigenvalue weighted by atomic mass is 9.88. The molecule has 1 rings (SSSR count). The van der Waals surface area contributed by atoms with Crippen molar-refractivity contribution in [3.8, 4) is 0 Å². The lowest BCUT2D eigenvalue weighted by molar-refractivity contribution is 0.437. The van der Waals surface area contributed by atoms with Crippen molar-refractivity contribution in [1.29, 1.82) is 0 Å².